The lowest BCUT2D eigenvalue weighted by atomic mass is 10.2. The number of H-pyrrole nitrogens is 1. The summed E-state index contributed by atoms with van der Waals surface area (Å²) in [7, 11) is 0. The maximum absolute atomic E-state index is 12.5. The van der Waals surface area contributed by atoms with Gasteiger partial charge in [-0.15, -0.1) is 0 Å². The lowest BCUT2D eigenvalue weighted by Gasteiger charge is -2.34. The van der Waals surface area contributed by atoms with Crippen LogP contribution in [0.15, 0.2) is 23.4 Å². The van der Waals surface area contributed by atoms with Gasteiger partial charge in [-0.05, 0) is 20.3 Å². The smallest absolute Gasteiger partial charge is 0.275 e. The summed E-state index contributed by atoms with van der Waals surface area (Å²) >= 11 is 5.83. The molecule has 1 N–H and O–H groups in total. The number of halogens is 1. The summed E-state index contributed by atoms with van der Waals surface area (Å²) in [5.74, 6) is 0.579. The van der Waals surface area contributed by atoms with Crippen LogP contribution in [0.1, 0.15) is 25.1 Å². The highest BCUT2D eigenvalue weighted by Gasteiger charge is 2.23. The van der Waals surface area contributed by atoms with Gasteiger partial charge in [-0.2, -0.15) is 10.2 Å². The number of aryl methyl sites for hydroxylation is 1. The van der Waals surface area contributed by atoms with Crippen molar-refractivity contribution in [1.29, 1.82) is 0 Å². The molecule has 0 aromatic carbocycles. The summed E-state index contributed by atoms with van der Waals surface area (Å²) < 4.78 is 7.43. The fraction of sp³-hybridized carbons (Fsp3) is 0.500. The number of fused-ring (bicyclic) bond motifs is 1. The van der Waals surface area contributed by atoms with Gasteiger partial charge in [0.15, 0.2) is 0 Å². The van der Waals surface area contributed by atoms with Crippen LogP contribution < -0.4 is 10.5 Å². The minimum absolute atomic E-state index is 0.00665. The lowest BCUT2D eigenvalue weighted by molar-refractivity contribution is -0.136. The molecule has 3 aromatic rings. The quantitative estimate of drug-likeness (QED) is 0.521. The average Bonchev–Trinajstić information content (AvgIpc) is 3.15. The number of aromatic amines is 1. The van der Waals surface area contributed by atoms with Gasteiger partial charge in [-0.3, -0.25) is 14.3 Å². The zero-order chi connectivity index (χ0) is 22.7. The summed E-state index contributed by atoms with van der Waals surface area (Å²) in [6.45, 7) is 6.72. The van der Waals surface area contributed by atoms with E-state index in [1.165, 1.54) is 0 Å². The molecule has 1 amide bonds. The van der Waals surface area contributed by atoms with Gasteiger partial charge >= 0.3 is 0 Å². The largest absolute Gasteiger partial charge is 0.372 e. The molecule has 1 unspecified atom stereocenters. The Labute approximate surface area is 189 Å². The van der Waals surface area contributed by atoms with E-state index in [1.807, 2.05) is 11.8 Å². The topological polar surface area (TPSA) is 122 Å². The van der Waals surface area contributed by atoms with Crippen LogP contribution in [-0.4, -0.2) is 80.1 Å². The van der Waals surface area contributed by atoms with Crippen molar-refractivity contribution in [2.45, 2.75) is 26.3 Å². The van der Waals surface area contributed by atoms with Gasteiger partial charge in [-0.25, -0.2) is 15.1 Å². The van der Waals surface area contributed by atoms with Crippen LogP contribution in [0.25, 0.3) is 10.9 Å². The van der Waals surface area contributed by atoms with Crippen molar-refractivity contribution in [3.63, 3.8) is 0 Å². The standard InChI is InChI=1S/C20H25ClN8O3/c1-13(29-16-11-24-25-19(31)18(16)14(2)26-29)3-8-32-12-17(30)27-4-6-28(7-5-27)20-22-9-15(21)10-23-20/h9-11,13H,3-8,12H2,1-2H3,(H,25,31). The molecule has 1 saturated heterocycles. The first kappa shape index (κ1) is 22.2. The molecule has 12 heteroatoms. The Morgan fingerprint density at radius 1 is 1.22 bits per heavy atom. The average molecular weight is 461 g/mol. The predicted octanol–water partition coefficient (Wildman–Crippen LogP) is 1.19. The highest BCUT2D eigenvalue weighted by molar-refractivity contribution is 6.30. The van der Waals surface area contributed by atoms with Crippen molar-refractivity contribution in [3.05, 3.63) is 39.7 Å². The van der Waals surface area contributed by atoms with Gasteiger partial charge in [0.1, 0.15) is 6.61 Å². The third-order valence-electron chi connectivity index (χ3n) is 5.55. The summed E-state index contributed by atoms with van der Waals surface area (Å²) in [5.41, 5.74) is 1.11. The van der Waals surface area contributed by atoms with E-state index in [-0.39, 0.29) is 24.1 Å². The molecule has 32 heavy (non-hydrogen) atoms. The van der Waals surface area contributed by atoms with E-state index < -0.39 is 0 Å². The van der Waals surface area contributed by atoms with E-state index in [9.17, 15) is 9.59 Å². The number of aromatic nitrogens is 6. The molecule has 11 nitrogen and oxygen atoms in total. The fourth-order valence-corrected chi connectivity index (χ4v) is 3.86. The van der Waals surface area contributed by atoms with Crippen molar-refractivity contribution in [3.8, 4) is 0 Å². The molecule has 0 saturated carbocycles. The highest BCUT2D eigenvalue weighted by Crippen LogP contribution is 2.19. The maximum atomic E-state index is 12.5. The van der Waals surface area contributed by atoms with Gasteiger partial charge in [0.05, 0.1) is 46.3 Å². The van der Waals surface area contributed by atoms with E-state index in [0.717, 1.165) is 0 Å². The molecule has 0 spiro atoms. The second-order valence-corrected chi connectivity index (χ2v) is 8.19. The predicted molar refractivity (Wildman–Crippen MR) is 119 cm³/mol. The monoisotopic (exact) mass is 460 g/mol. The summed E-state index contributed by atoms with van der Waals surface area (Å²) in [6, 6.07) is -0.00665. The number of rotatable bonds is 7. The Morgan fingerprint density at radius 3 is 2.66 bits per heavy atom. The first-order chi connectivity index (χ1) is 15.4. The number of nitrogens with one attached hydrogen (secondary N) is 1. The molecule has 0 bridgehead atoms. The van der Waals surface area contributed by atoms with E-state index in [2.05, 4.69) is 25.3 Å². The molecule has 1 atom stereocenters. The number of anilines is 1. The van der Waals surface area contributed by atoms with Gasteiger partial charge in [0, 0.05) is 32.8 Å². The molecule has 1 fully saturated rings. The minimum atomic E-state index is -0.247. The van der Waals surface area contributed by atoms with Crippen LogP contribution >= 0.6 is 11.6 Å². The van der Waals surface area contributed by atoms with Crippen molar-refractivity contribution in [2.75, 3.05) is 44.3 Å². The van der Waals surface area contributed by atoms with Crippen molar-refractivity contribution in [2.24, 2.45) is 0 Å². The number of carbonyl (C=O) groups excluding carboxylic acids is 1. The molecule has 0 radical (unpaired) electrons. The third kappa shape index (κ3) is 4.73. The van der Waals surface area contributed by atoms with Crippen LogP contribution in [0, 0.1) is 6.92 Å². The molecule has 1 aliphatic heterocycles. The molecule has 4 rings (SSSR count). The first-order valence-electron chi connectivity index (χ1n) is 10.4. The van der Waals surface area contributed by atoms with E-state index in [4.69, 9.17) is 16.3 Å². The molecule has 170 valence electrons. The number of piperazine rings is 1. The summed E-state index contributed by atoms with van der Waals surface area (Å²) in [6.07, 6.45) is 5.39. The summed E-state index contributed by atoms with van der Waals surface area (Å²) in [5, 5.41) is 11.8. The number of ether oxygens (including phenoxy) is 1. The van der Waals surface area contributed by atoms with Crippen molar-refractivity contribution < 1.29 is 9.53 Å². The Kier molecular flexibility index (Phi) is 6.66. The van der Waals surface area contributed by atoms with Gasteiger partial charge in [-0.1, -0.05) is 11.6 Å². The Balaban J connectivity index is 1.22. The zero-order valence-electron chi connectivity index (χ0n) is 18.0. The fourth-order valence-electron chi connectivity index (χ4n) is 3.77. The van der Waals surface area contributed by atoms with Crippen LogP contribution in [0.5, 0.6) is 0 Å². The minimum Gasteiger partial charge on any atom is -0.372 e. The normalized spacial score (nSPS) is 15.3. The Bertz CT molecular complexity index is 1140. The van der Waals surface area contributed by atoms with Crippen LogP contribution in [0.4, 0.5) is 5.95 Å². The van der Waals surface area contributed by atoms with Gasteiger partial charge in [0.2, 0.25) is 11.9 Å². The number of amides is 1. The first-order valence-corrected chi connectivity index (χ1v) is 10.8. The van der Waals surface area contributed by atoms with Crippen LogP contribution in [-0.2, 0) is 9.53 Å². The molecule has 4 heterocycles. The molecular weight excluding hydrogens is 436 g/mol. The number of carbonyl (C=O) groups is 1. The van der Waals surface area contributed by atoms with Gasteiger partial charge < -0.3 is 14.5 Å². The molecular formula is C20H25ClN8O3. The van der Waals surface area contributed by atoms with Crippen LogP contribution in [0.3, 0.4) is 0 Å². The summed E-state index contributed by atoms with van der Waals surface area (Å²) in [4.78, 5) is 36.7. The third-order valence-corrected chi connectivity index (χ3v) is 5.74. The number of hydrogen-bond donors (Lipinski definition) is 1. The molecule has 3 aromatic heterocycles. The Hall–Kier alpha value is -3.05. The highest BCUT2D eigenvalue weighted by atomic mass is 35.5. The zero-order valence-corrected chi connectivity index (χ0v) is 18.7. The SMILES string of the molecule is Cc1nn(C(C)CCOCC(=O)N2CCN(c3ncc(Cl)cn3)CC2)c2cn[nH]c(=O)c12. The van der Waals surface area contributed by atoms with Crippen LogP contribution in [0.2, 0.25) is 5.02 Å². The van der Waals surface area contributed by atoms with Gasteiger partial charge in [0.25, 0.3) is 5.56 Å². The van der Waals surface area contributed by atoms with Crippen molar-refractivity contribution in [1.82, 2.24) is 34.8 Å². The molecule has 1 aliphatic rings. The van der Waals surface area contributed by atoms with Crippen molar-refractivity contribution >= 4 is 34.4 Å². The second kappa shape index (κ2) is 9.61. The molecule has 0 aliphatic carbocycles. The lowest BCUT2D eigenvalue weighted by Crippen LogP contribution is -2.50. The maximum Gasteiger partial charge on any atom is 0.275 e. The van der Waals surface area contributed by atoms with E-state index in [0.29, 0.717) is 66.8 Å². The van der Waals surface area contributed by atoms with E-state index in [1.54, 1.807) is 35.1 Å². The Morgan fingerprint density at radius 2 is 1.94 bits per heavy atom. The number of hydrogen-bond acceptors (Lipinski definition) is 8. The number of nitrogens with zero attached hydrogens (tertiary/aromatic N) is 7. The second-order valence-electron chi connectivity index (χ2n) is 7.75. The van der Waals surface area contributed by atoms with E-state index >= 15 is 0 Å².